The summed E-state index contributed by atoms with van der Waals surface area (Å²) in [6, 6.07) is 2.75. The topological polar surface area (TPSA) is 76.1 Å². The second-order valence-corrected chi connectivity index (χ2v) is 6.93. The average Bonchev–Trinajstić information content (AvgIpc) is 3.18. The van der Waals surface area contributed by atoms with E-state index in [1.54, 1.807) is 25.1 Å². The van der Waals surface area contributed by atoms with E-state index >= 15 is 0 Å². The maximum absolute atomic E-state index is 14.9. The molecule has 0 saturated carbocycles. The van der Waals surface area contributed by atoms with Crippen LogP contribution >= 0.6 is 11.3 Å². The van der Waals surface area contributed by atoms with Crippen LogP contribution in [0.2, 0.25) is 0 Å². The van der Waals surface area contributed by atoms with Crippen LogP contribution in [0.1, 0.15) is 29.4 Å². The first-order valence-corrected chi connectivity index (χ1v) is 8.74. The van der Waals surface area contributed by atoms with Crippen LogP contribution in [0.15, 0.2) is 46.6 Å². The third-order valence-electron chi connectivity index (χ3n) is 4.51. The lowest BCUT2D eigenvalue weighted by molar-refractivity contribution is -0.136. The number of hydrogen-bond acceptors (Lipinski definition) is 5. The number of amides is 1. The van der Waals surface area contributed by atoms with E-state index in [-0.39, 0.29) is 23.7 Å². The monoisotopic (exact) mass is 379 g/mol. The van der Waals surface area contributed by atoms with Crippen molar-refractivity contribution >= 4 is 23.2 Å². The van der Waals surface area contributed by atoms with Crippen LogP contribution in [0, 0.1) is 0 Å². The molecule has 6 nitrogen and oxygen atoms in total. The van der Waals surface area contributed by atoms with Crippen molar-refractivity contribution in [1.29, 1.82) is 0 Å². The van der Waals surface area contributed by atoms with Gasteiger partial charge < -0.3 is 19.5 Å². The van der Waals surface area contributed by atoms with E-state index in [2.05, 4.69) is 0 Å². The Balaban J connectivity index is 2.07. The van der Waals surface area contributed by atoms with Gasteiger partial charge in [0.15, 0.2) is 16.6 Å². The van der Waals surface area contributed by atoms with Crippen molar-refractivity contribution in [3.8, 4) is 5.06 Å². The summed E-state index contributed by atoms with van der Waals surface area (Å²) in [5.41, 5.74) is 0.992. The molecule has 1 unspecified atom stereocenters. The molecule has 0 radical (unpaired) electrons. The Morgan fingerprint density at radius 3 is 2.65 bits per heavy atom. The predicted octanol–water partition coefficient (Wildman–Crippen LogP) is 3.49. The van der Waals surface area contributed by atoms with Gasteiger partial charge in [0, 0.05) is 11.3 Å². The molecule has 2 heterocycles. The van der Waals surface area contributed by atoms with Crippen molar-refractivity contribution in [2.75, 3.05) is 14.2 Å². The molecule has 3 rings (SSSR count). The van der Waals surface area contributed by atoms with Crippen LogP contribution in [0.4, 0.5) is 4.39 Å². The van der Waals surface area contributed by atoms with E-state index in [1.165, 1.54) is 30.5 Å². The van der Waals surface area contributed by atoms with Crippen molar-refractivity contribution in [2.45, 2.75) is 25.8 Å². The van der Waals surface area contributed by atoms with Crippen LogP contribution in [-0.2, 0) is 9.53 Å². The fourth-order valence-electron chi connectivity index (χ4n) is 3.35. The maximum atomic E-state index is 14.9. The van der Waals surface area contributed by atoms with Crippen LogP contribution in [0.5, 0.6) is 5.06 Å². The lowest BCUT2D eigenvalue weighted by Gasteiger charge is -2.28. The minimum absolute atomic E-state index is 0.0685. The molecule has 1 atom stereocenters. The van der Waals surface area contributed by atoms with Crippen molar-refractivity contribution in [3.05, 3.63) is 51.5 Å². The quantitative estimate of drug-likeness (QED) is 0.848. The van der Waals surface area contributed by atoms with Gasteiger partial charge >= 0.3 is 5.97 Å². The zero-order valence-corrected chi connectivity index (χ0v) is 15.4. The number of fused-ring (bicyclic) bond motifs is 1. The van der Waals surface area contributed by atoms with Crippen LogP contribution in [0.25, 0.3) is 0 Å². The first kappa shape index (κ1) is 18.2. The minimum Gasteiger partial charge on any atom is -0.494 e. The van der Waals surface area contributed by atoms with Crippen molar-refractivity contribution in [2.24, 2.45) is 0 Å². The Bertz CT molecular complexity index is 867. The minimum atomic E-state index is -1.08. The molecule has 1 aromatic rings. The number of thiophene rings is 1. The number of carboxylic acids is 1. The number of nitrogens with zero attached hydrogens (tertiary/aromatic N) is 1. The zero-order chi connectivity index (χ0) is 19.0. The van der Waals surface area contributed by atoms with Gasteiger partial charge in [0.2, 0.25) is 0 Å². The first-order valence-electron chi connectivity index (χ1n) is 7.92. The van der Waals surface area contributed by atoms with Gasteiger partial charge in [-0.3, -0.25) is 9.59 Å². The molecule has 0 saturated heterocycles. The third-order valence-corrected chi connectivity index (χ3v) is 5.54. The number of hydrogen-bond donors (Lipinski definition) is 1. The van der Waals surface area contributed by atoms with Gasteiger partial charge in [0.05, 0.1) is 31.6 Å². The number of ether oxygens (including phenoxy) is 2. The lowest BCUT2D eigenvalue weighted by atomic mass is 9.92. The first-order chi connectivity index (χ1) is 12.4. The molecule has 26 heavy (non-hydrogen) atoms. The summed E-state index contributed by atoms with van der Waals surface area (Å²) in [7, 11) is 2.87. The molecule has 0 bridgehead atoms. The van der Waals surface area contributed by atoms with E-state index in [0.717, 1.165) is 0 Å². The van der Waals surface area contributed by atoms with E-state index in [4.69, 9.17) is 9.47 Å². The number of halogens is 1. The van der Waals surface area contributed by atoms with Gasteiger partial charge in [-0.15, -0.1) is 0 Å². The van der Waals surface area contributed by atoms with E-state index in [1.807, 2.05) is 0 Å². The molecule has 1 amide bonds. The molecule has 2 aliphatic rings. The number of methoxy groups -OCH3 is 2. The molecule has 8 heteroatoms. The Hall–Kier alpha value is -2.61. The number of rotatable bonds is 5. The molecule has 0 aromatic carbocycles. The highest BCUT2D eigenvalue weighted by molar-refractivity contribution is 7.15. The Morgan fingerprint density at radius 1 is 1.35 bits per heavy atom. The number of carbonyl (C=O) groups is 2. The summed E-state index contributed by atoms with van der Waals surface area (Å²) in [6.07, 6.45) is 1.57. The standard InChI is InChI=1S/C18H18FNO5S/c1-9-10(8-14(21)22)16-11(4-5-12(24-2)17(16)19)20(9)18(23)13-6-7-15(25-3)26-13/h5-7,11H,4,8H2,1-3H3,(H,21,22). The van der Waals surface area contributed by atoms with Gasteiger partial charge in [-0.25, -0.2) is 4.39 Å². The van der Waals surface area contributed by atoms with Crippen molar-refractivity contribution < 1.29 is 28.6 Å². The van der Waals surface area contributed by atoms with Gasteiger partial charge in [-0.2, -0.15) is 0 Å². The number of aliphatic carboxylic acids is 1. The van der Waals surface area contributed by atoms with Gasteiger partial charge in [-0.05, 0) is 37.1 Å². The summed E-state index contributed by atoms with van der Waals surface area (Å²) in [5.74, 6) is -1.93. The predicted molar refractivity (Wildman–Crippen MR) is 93.6 cm³/mol. The molecular formula is C18H18FNO5S. The van der Waals surface area contributed by atoms with Crippen molar-refractivity contribution in [3.63, 3.8) is 0 Å². The van der Waals surface area contributed by atoms with E-state index in [0.29, 0.717) is 27.6 Å². The largest absolute Gasteiger partial charge is 0.494 e. The molecular weight excluding hydrogens is 361 g/mol. The summed E-state index contributed by atoms with van der Waals surface area (Å²) in [4.78, 5) is 26.2. The summed E-state index contributed by atoms with van der Waals surface area (Å²) in [5, 5.41) is 9.82. The van der Waals surface area contributed by atoms with Crippen LogP contribution in [0.3, 0.4) is 0 Å². The second kappa shape index (κ2) is 6.95. The molecule has 1 N–H and O–H groups in total. The number of allylic oxidation sites excluding steroid dienone is 2. The maximum Gasteiger partial charge on any atom is 0.307 e. The van der Waals surface area contributed by atoms with Crippen LogP contribution in [-0.4, -0.2) is 42.1 Å². The highest BCUT2D eigenvalue weighted by atomic mass is 32.1. The SMILES string of the molecule is COC1=CCC2C(=C1F)C(CC(=O)O)=C(C)N2C(=O)c1ccc(OC)s1. The average molecular weight is 379 g/mol. The van der Waals surface area contributed by atoms with Gasteiger partial charge in [-0.1, -0.05) is 11.3 Å². The van der Waals surface area contributed by atoms with Gasteiger partial charge in [0.25, 0.3) is 5.91 Å². The third kappa shape index (κ3) is 2.90. The summed E-state index contributed by atoms with van der Waals surface area (Å²) >= 11 is 1.19. The number of carboxylic acid groups (broad SMARTS) is 1. The summed E-state index contributed by atoms with van der Waals surface area (Å²) in [6.45, 7) is 1.64. The van der Waals surface area contributed by atoms with Gasteiger partial charge in [0.1, 0.15) is 0 Å². The Morgan fingerprint density at radius 2 is 2.08 bits per heavy atom. The normalized spacial score (nSPS) is 19.5. The highest BCUT2D eigenvalue weighted by Gasteiger charge is 2.43. The molecule has 1 aliphatic heterocycles. The molecule has 0 fully saturated rings. The number of carbonyl (C=O) groups excluding carboxylic acids is 1. The smallest absolute Gasteiger partial charge is 0.307 e. The Kier molecular flexibility index (Phi) is 4.86. The molecule has 1 aromatic heterocycles. The molecule has 1 aliphatic carbocycles. The zero-order valence-electron chi connectivity index (χ0n) is 14.5. The van der Waals surface area contributed by atoms with E-state index < -0.39 is 17.8 Å². The fourth-order valence-corrected chi connectivity index (χ4v) is 4.11. The summed E-state index contributed by atoms with van der Waals surface area (Å²) < 4.78 is 25.0. The second-order valence-electron chi connectivity index (χ2n) is 5.88. The van der Waals surface area contributed by atoms with Crippen molar-refractivity contribution in [1.82, 2.24) is 4.90 Å². The Labute approximate surface area is 153 Å². The van der Waals surface area contributed by atoms with E-state index in [9.17, 15) is 19.1 Å². The van der Waals surface area contributed by atoms with Crippen LogP contribution < -0.4 is 4.74 Å². The lowest BCUT2D eigenvalue weighted by Crippen LogP contribution is -2.36. The fraction of sp³-hybridized carbons (Fsp3) is 0.333. The molecule has 0 spiro atoms. The highest BCUT2D eigenvalue weighted by Crippen LogP contribution is 2.44. The molecule has 138 valence electrons.